The summed E-state index contributed by atoms with van der Waals surface area (Å²) >= 11 is 0. The Morgan fingerprint density at radius 1 is 1.42 bits per heavy atom. The van der Waals surface area contributed by atoms with Gasteiger partial charge in [0, 0.05) is 18.7 Å². The van der Waals surface area contributed by atoms with E-state index in [0.717, 1.165) is 0 Å². The van der Waals surface area contributed by atoms with E-state index in [1.807, 2.05) is 0 Å². The molecule has 0 heterocycles. The fourth-order valence-electron chi connectivity index (χ4n) is 1.55. The zero-order chi connectivity index (χ0) is 14.3. The molecule has 1 N–H and O–H groups in total. The van der Waals surface area contributed by atoms with Crippen LogP contribution in [0.4, 0.5) is 8.78 Å². The number of hydrogen-bond donors (Lipinski definition) is 1. The molecular weight excluding hydrogens is 254 g/mol. The molecule has 1 aromatic carbocycles. The Hall–Kier alpha value is -1.87. The van der Waals surface area contributed by atoms with Crippen molar-refractivity contribution < 1.29 is 18.3 Å². The standard InChI is InChI=1S/C13H16F2N2O2/c1-9(6-16)7-17-8-10-4-3-5-11(18-2)12(10)19-13(14)15/h3-5,9,13,17H,7-8H2,1-2H3. The van der Waals surface area contributed by atoms with E-state index in [9.17, 15) is 8.78 Å². The molecule has 1 aromatic rings. The van der Waals surface area contributed by atoms with Crippen LogP contribution < -0.4 is 14.8 Å². The van der Waals surface area contributed by atoms with Crippen molar-refractivity contribution in [1.82, 2.24) is 5.32 Å². The van der Waals surface area contributed by atoms with E-state index >= 15 is 0 Å². The minimum Gasteiger partial charge on any atom is -0.493 e. The van der Waals surface area contributed by atoms with E-state index in [2.05, 4.69) is 16.1 Å². The lowest BCUT2D eigenvalue weighted by molar-refractivity contribution is -0.0518. The van der Waals surface area contributed by atoms with E-state index in [-0.39, 0.29) is 17.4 Å². The van der Waals surface area contributed by atoms with E-state index in [1.165, 1.54) is 7.11 Å². The van der Waals surface area contributed by atoms with E-state index in [0.29, 0.717) is 18.7 Å². The van der Waals surface area contributed by atoms with Gasteiger partial charge in [-0.1, -0.05) is 12.1 Å². The lowest BCUT2D eigenvalue weighted by atomic mass is 10.1. The van der Waals surface area contributed by atoms with Crippen molar-refractivity contribution in [3.63, 3.8) is 0 Å². The number of methoxy groups -OCH3 is 1. The number of rotatable bonds is 7. The molecule has 1 unspecified atom stereocenters. The van der Waals surface area contributed by atoms with Gasteiger partial charge in [0.2, 0.25) is 0 Å². The predicted molar refractivity (Wildman–Crippen MR) is 66.1 cm³/mol. The molecule has 104 valence electrons. The lowest BCUT2D eigenvalue weighted by Gasteiger charge is -2.15. The molecule has 0 aliphatic heterocycles. The molecule has 0 saturated carbocycles. The second-order valence-electron chi connectivity index (χ2n) is 3.99. The zero-order valence-corrected chi connectivity index (χ0v) is 10.8. The van der Waals surface area contributed by atoms with Crippen LogP contribution in [0.1, 0.15) is 12.5 Å². The van der Waals surface area contributed by atoms with Gasteiger partial charge in [0.15, 0.2) is 11.5 Å². The first kappa shape index (κ1) is 15.2. The average molecular weight is 270 g/mol. The largest absolute Gasteiger partial charge is 0.493 e. The van der Waals surface area contributed by atoms with Crippen LogP contribution in [0, 0.1) is 17.2 Å². The summed E-state index contributed by atoms with van der Waals surface area (Å²) in [6, 6.07) is 7.00. The molecule has 0 aromatic heterocycles. The van der Waals surface area contributed by atoms with Crippen LogP contribution in [-0.2, 0) is 6.54 Å². The SMILES string of the molecule is COc1cccc(CNCC(C)C#N)c1OC(F)F. The maximum absolute atomic E-state index is 12.4. The van der Waals surface area contributed by atoms with Crippen molar-refractivity contribution in [3.8, 4) is 17.6 Å². The highest BCUT2D eigenvalue weighted by molar-refractivity contribution is 5.46. The fourth-order valence-corrected chi connectivity index (χ4v) is 1.55. The summed E-state index contributed by atoms with van der Waals surface area (Å²) in [5.41, 5.74) is 0.560. The minimum absolute atomic E-state index is 0.0251. The van der Waals surface area contributed by atoms with Crippen LogP contribution in [0.2, 0.25) is 0 Å². The summed E-state index contributed by atoms with van der Waals surface area (Å²) in [7, 11) is 1.39. The van der Waals surface area contributed by atoms with Crippen molar-refractivity contribution in [2.24, 2.45) is 5.92 Å². The Morgan fingerprint density at radius 3 is 2.74 bits per heavy atom. The third-order valence-electron chi connectivity index (χ3n) is 2.47. The number of para-hydroxylation sites is 1. The average Bonchev–Trinajstić information content (AvgIpc) is 2.39. The molecule has 0 aliphatic carbocycles. The third-order valence-corrected chi connectivity index (χ3v) is 2.47. The minimum atomic E-state index is -2.91. The fraction of sp³-hybridized carbons (Fsp3) is 0.462. The van der Waals surface area contributed by atoms with Crippen molar-refractivity contribution >= 4 is 0 Å². The van der Waals surface area contributed by atoms with Crippen LogP contribution in [0.15, 0.2) is 18.2 Å². The Balaban J connectivity index is 2.78. The van der Waals surface area contributed by atoms with Gasteiger partial charge in [-0.15, -0.1) is 0 Å². The van der Waals surface area contributed by atoms with Crippen LogP contribution in [0.25, 0.3) is 0 Å². The van der Waals surface area contributed by atoms with Gasteiger partial charge in [0.1, 0.15) is 0 Å². The zero-order valence-electron chi connectivity index (χ0n) is 10.8. The summed E-state index contributed by atoms with van der Waals surface area (Å²) in [5.74, 6) is 0.134. The molecule has 1 atom stereocenters. The highest BCUT2D eigenvalue weighted by Crippen LogP contribution is 2.32. The number of nitrogens with one attached hydrogen (secondary N) is 1. The Kier molecular flexibility index (Phi) is 6.03. The molecule has 0 spiro atoms. The summed E-state index contributed by atoms with van der Waals surface area (Å²) in [6.07, 6.45) is 0. The van der Waals surface area contributed by atoms with Crippen molar-refractivity contribution in [2.45, 2.75) is 20.1 Å². The maximum atomic E-state index is 12.4. The van der Waals surface area contributed by atoms with Gasteiger partial charge in [-0.05, 0) is 13.0 Å². The van der Waals surface area contributed by atoms with E-state index in [1.54, 1.807) is 25.1 Å². The lowest BCUT2D eigenvalue weighted by Crippen LogP contribution is -2.20. The number of alkyl halides is 2. The molecule has 0 bridgehead atoms. The summed E-state index contributed by atoms with van der Waals surface area (Å²) in [6.45, 7) is -0.338. The maximum Gasteiger partial charge on any atom is 0.387 e. The molecule has 0 aliphatic rings. The molecule has 0 amide bonds. The second-order valence-corrected chi connectivity index (χ2v) is 3.99. The number of ether oxygens (including phenoxy) is 2. The third kappa shape index (κ3) is 4.72. The number of nitrogens with zero attached hydrogens (tertiary/aromatic N) is 1. The van der Waals surface area contributed by atoms with Crippen LogP contribution in [0.5, 0.6) is 11.5 Å². The van der Waals surface area contributed by atoms with Gasteiger partial charge < -0.3 is 14.8 Å². The van der Waals surface area contributed by atoms with Gasteiger partial charge in [-0.3, -0.25) is 0 Å². The Morgan fingerprint density at radius 2 is 2.16 bits per heavy atom. The number of nitriles is 1. The number of hydrogen-bond acceptors (Lipinski definition) is 4. The highest BCUT2D eigenvalue weighted by atomic mass is 19.3. The van der Waals surface area contributed by atoms with Gasteiger partial charge in [0.05, 0.1) is 19.1 Å². The first-order valence-electron chi connectivity index (χ1n) is 5.79. The van der Waals surface area contributed by atoms with Gasteiger partial charge in [-0.25, -0.2) is 0 Å². The van der Waals surface area contributed by atoms with Crippen molar-refractivity contribution in [1.29, 1.82) is 5.26 Å². The topological polar surface area (TPSA) is 54.3 Å². The summed E-state index contributed by atoms with van der Waals surface area (Å²) < 4.78 is 34.2. The van der Waals surface area contributed by atoms with Crippen LogP contribution in [-0.4, -0.2) is 20.3 Å². The molecule has 0 saturated heterocycles. The van der Waals surface area contributed by atoms with Crippen molar-refractivity contribution in [2.75, 3.05) is 13.7 Å². The smallest absolute Gasteiger partial charge is 0.387 e. The molecule has 6 heteroatoms. The Labute approximate surface area is 110 Å². The van der Waals surface area contributed by atoms with Gasteiger partial charge in [-0.2, -0.15) is 14.0 Å². The molecule has 0 radical (unpaired) electrons. The Bertz CT molecular complexity index is 447. The number of benzene rings is 1. The molecule has 4 nitrogen and oxygen atoms in total. The normalized spacial score (nSPS) is 12.0. The first-order chi connectivity index (χ1) is 9.08. The molecule has 19 heavy (non-hydrogen) atoms. The van der Waals surface area contributed by atoms with Crippen LogP contribution >= 0.6 is 0 Å². The number of halogens is 2. The predicted octanol–water partition coefficient (Wildman–Crippen LogP) is 2.55. The first-order valence-corrected chi connectivity index (χ1v) is 5.79. The quantitative estimate of drug-likeness (QED) is 0.827. The van der Waals surface area contributed by atoms with Crippen molar-refractivity contribution in [3.05, 3.63) is 23.8 Å². The molecular formula is C13H16F2N2O2. The molecule has 1 rings (SSSR count). The van der Waals surface area contributed by atoms with E-state index in [4.69, 9.17) is 10.00 Å². The van der Waals surface area contributed by atoms with Crippen LogP contribution in [0.3, 0.4) is 0 Å². The monoisotopic (exact) mass is 270 g/mol. The molecule has 0 fully saturated rings. The summed E-state index contributed by atoms with van der Waals surface area (Å²) in [5, 5.41) is 11.7. The second kappa shape index (κ2) is 7.54. The highest BCUT2D eigenvalue weighted by Gasteiger charge is 2.15. The summed E-state index contributed by atoms with van der Waals surface area (Å²) in [4.78, 5) is 0. The van der Waals surface area contributed by atoms with Gasteiger partial charge >= 0.3 is 6.61 Å². The van der Waals surface area contributed by atoms with E-state index < -0.39 is 6.61 Å². The van der Waals surface area contributed by atoms with Gasteiger partial charge in [0.25, 0.3) is 0 Å².